The van der Waals surface area contributed by atoms with E-state index >= 15 is 0 Å². The average molecular weight is 310 g/mol. The second-order valence-corrected chi connectivity index (χ2v) is 5.98. The molecule has 1 saturated heterocycles. The Bertz CT molecular complexity index is 680. The summed E-state index contributed by atoms with van der Waals surface area (Å²) in [7, 11) is 0. The van der Waals surface area contributed by atoms with Gasteiger partial charge in [-0.2, -0.15) is 0 Å². The third-order valence-corrected chi connectivity index (χ3v) is 4.10. The second-order valence-electron chi connectivity index (χ2n) is 5.98. The molecule has 5 nitrogen and oxygen atoms in total. The molecule has 1 amide bonds. The lowest BCUT2D eigenvalue weighted by Crippen LogP contribution is -2.31. The van der Waals surface area contributed by atoms with Gasteiger partial charge in [-0.3, -0.25) is 4.79 Å². The number of amides is 1. The van der Waals surface area contributed by atoms with E-state index in [4.69, 9.17) is 0 Å². The molecule has 1 aromatic carbocycles. The first kappa shape index (κ1) is 15.5. The maximum absolute atomic E-state index is 12.3. The van der Waals surface area contributed by atoms with Crippen LogP contribution in [0.15, 0.2) is 36.7 Å². The fourth-order valence-electron chi connectivity index (χ4n) is 2.86. The van der Waals surface area contributed by atoms with Crippen LogP contribution in [-0.2, 0) is 6.54 Å². The van der Waals surface area contributed by atoms with Crippen molar-refractivity contribution in [1.29, 1.82) is 0 Å². The third kappa shape index (κ3) is 4.06. The molecule has 0 saturated carbocycles. The predicted octanol–water partition coefficient (Wildman–Crippen LogP) is 2.71. The summed E-state index contributed by atoms with van der Waals surface area (Å²) in [4.78, 5) is 23.0. The van der Waals surface area contributed by atoms with E-state index in [-0.39, 0.29) is 5.91 Å². The maximum atomic E-state index is 12.3. The molecule has 0 unspecified atom stereocenters. The van der Waals surface area contributed by atoms with Gasteiger partial charge in [0.05, 0.1) is 0 Å². The number of anilines is 1. The van der Waals surface area contributed by atoms with Crippen molar-refractivity contribution in [2.45, 2.75) is 32.7 Å². The summed E-state index contributed by atoms with van der Waals surface area (Å²) in [5.74, 6) is 0.688. The summed E-state index contributed by atoms with van der Waals surface area (Å²) in [6.07, 6.45) is 5.11. The molecule has 0 spiro atoms. The van der Waals surface area contributed by atoms with Crippen molar-refractivity contribution < 1.29 is 4.79 Å². The van der Waals surface area contributed by atoms with E-state index in [2.05, 4.69) is 26.3 Å². The van der Waals surface area contributed by atoms with Crippen LogP contribution < -0.4 is 10.2 Å². The lowest BCUT2D eigenvalue weighted by atomic mass is 10.1. The quantitative estimate of drug-likeness (QED) is 0.943. The smallest absolute Gasteiger partial charge is 0.270 e. The molecule has 1 aliphatic heterocycles. The predicted molar refractivity (Wildman–Crippen MR) is 90.4 cm³/mol. The van der Waals surface area contributed by atoms with Crippen molar-refractivity contribution in [3.05, 3.63) is 53.5 Å². The Kier molecular flexibility index (Phi) is 4.86. The van der Waals surface area contributed by atoms with Gasteiger partial charge in [0, 0.05) is 25.7 Å². The molecule has 3 rings (SSSR count). The van der Waals surface area contributed by atoms with Gasteiger partial charge in [-0.25, -0.2) is 9.97 Å². The standard InChI is InChI=1S/C18H22N4O/c1-14-6-5-7-15(10-14)12-19-18(23)16-11-17(21-13-20-16)22-8-3-2-4-9-22/h5-7,10-11,13H,2-4,8-9,12H2,1H3,(H,19,23). The number of aromatic nitrogens is 2. The Morgan fingerprint density at radius 3 is 2.78 bits per heavy atom. The van der Waals surface area contributed by atoms with Gasteiger partial charge in [0.15, 0.2) is 0 Å². The van der Waals surface area contributed by atoms with E-state index in [1.807, 2.05) is 25.1 Å². The molecule has 0 aliphatic carbocycles. The summed E-state index contributed by atoms with van der Waals surface area (Å²) < 4.78 is 0. The minimum absolute atomic E-state index is 0.160. The zero-order chi connectivity index (χ0) is 16.1. The first-order valence-corrected chi connectivity index (χ1v) is 8.13. The van der Waals surface area contributed by atoms with E-state index in [1.54, 1.807) is 6.07 Å². The van der Waals surface area contributed by atoms with Crippen LogP contribution in [0.2, 0.25) is 0 Å². The van der Waals surface area contributed by atoms with Crippen LogP contribution in [-0.4, -0.2) is 29.0 Å². The summed E-state index contributed by atoms with van der Waals surface area (Å²) in [5, 5.41) is 2.92. The number of piperidine rings is 1. The molecule has 2 heterocycles. The lowest BCUT2D eigenvalue weighted by molar-refractivity contribution is 0.0945. The van der Waals surface area contributed by atoms with Crippen molar-refractivity contribution >= 4 is 11.7 Å². The summed E-state index contributed by atoms with van der Waals surface area (Å²) in [6.45, 7) is 4.55. The molecule has 1 fully saturated rings. The largest absolute Gasteiger partial charge is 0.357 e. The first-order valence-electron chi connectivity index (χ1n) is 8.13. The highest BCUT2D eigenvalue weighted by Gasteiger charge is 2.15. The van der Waals surface area contributed by atoms with Gasteiger partial charge in [-0.15, -0.1) is 0 Å². The Labute approximate surface area is 136 Å². The van der Waals surface area contributed by atoms with Gasteiger partial charge in [0.1, 0.15) is 17.8 Å². The Morgan fingerprint density at radius 2 is 2.00 bits per heavy atom. The van der Waals surface area contributed by atoms with Crippen LogP contribution in [0.3, 0.4) is 0 Å². The zero-order valence-electron chi connectivity index (χ0n) is 13.5. The molecule has 0 radical (unpaired) electrons. The fourth-order valence-corrected chi connectivity index (χ4v) is 2.86. The van der Waals surface area contributed by atoms with Crippen LogP contribution in [0.25, 0.3) is 0 Å². The van der Waals surface area contributed by atoms with Gasteiger partial charge in [-0.05, 0) is 31.7 Å². The number of nitrogens with zero attached hydrogens (tertiary/aromatic N) is 3. The van der Waals surface area contributed by atoms with E-state index in [1.165, 1.54) is 31.2 Å². The molecule has 120 valence electrons. The maximum Gasteiger partial charge on any atom is 0.270 e. The van der Waals surface area contributed by atoms with Gasteiger partial charge in [0.2, 0.25) is 0 Å². The number of rotatable bonds is 4. The monoisotopic (exact) mass is 310 g/mol. The van der Waals surface area contributed by atoms with E-state index in [0.29, 0.717) is 12.2 Å². The zero-order valence-corrected chi connectivity index (χ0v) is 13.5. The number of hydrogen-bond acceptors (Lipinski definition) is 4. The molecule has 0 bridgehead atoms. The van der Waals surface area contributed by atoms with Gasteiger partial charge in [-0.1, -0.05) is 29.8 Å². The van der Waals surface area contributed by atoms with Crippen LogP contribution in [0, 0.1) is 6.92 Å². The molecule has 2 aromatic rings. The Hall–Kier alpha value is -2.43. The number of nitrogens with one attached hydrogen (secondary N) is 1. The molecular weight excluding hydrogens is 288 g/mol. The highest BCUT2D eigenvalue weighted by Crippen LogP contribution is 2.17. The van der Waals surface area contributed by atoms with Gasteiger partial charge in [0.25, 0.3) is 5.91 Å². The van der Waals surface area contributed by atoms with Crippen molar-refractivity contribution in [3.8, 4) is 0 Å². The Morgan fingerprint density at radius 1 is 1.17 bits per heavy atom. The van der Waals surface area contributed by atoms with E-state index in [0.717, 1.165) is 24.5 Å². The molecule has 1 aromatic heterocycles. The van der Waals surface area contributed by atoms with Gasteiger partial charge >= 0.3 is 0 Å². The molecule has 1 N–H and O–H groups in total. The minimum Gasteiger partial charge on any atom is -0.357 e. The molecule has 1 aliphatic rings. The first-order chi connectivity index (χ1) is 11.2. The number of benzene rings is 1. The number of hydrogen-bond donors (Lipinski definition) is 1. The van der Waals surface area contributed by atoms with Crippen LogP contribution in [0.4, 0.5) is 5.82 Å². The average Bonchev–Trinajstić information content (AvgIpc) is 2.61. The Balaban J connectivity index is 1.65. The summed E-state index contributed by atoms with van der Waals surface area (Å²) in [5.41, 5.74) is 2.70. The van der Waals surface area contributed by atoms with Crippen molar-refractivity contribution in [1.82, 2.24) is 15.3 Å². The fraction of sp³-hybridized carbons (Fsp3) is 0.389. The third-order valence-electron chi connectivity index (χ3n) is 4.10. The molecular formula is C18H22N4O. The van der Waals surface area contributed by atoms with Gasteiger partial charge < -0.3 is 10.2 Å². The molecule has 23 heavy (non-hydrogen) atoms. The van der Waals surface area contributed by atoms with E-state index < -0.39 is 0 Å². The van der Waals surface area contributed by atoms with Crippen molar-refractivity contribution in [2.75, 3.05) is 18.0 Å². The normalized spacial score (nSPS) is 14.6. The van der Waals surface area contributed by atoms with Crippen LogP contribution in [0.5, 0.6) is 0 Å². The number of carbonyl (C=O) groups is 1. The summed E-state index contributed by atoms with van der Waals surface area (Å²) >= 11 is 0. The highest BCUT2D eigenvalue weighted by atomic mass is 16.1. The minimum atomic E-state index is -0.160. The number of carbonyl (C=O) groups excluding carboxylic acids is 1. The second kappa shape index (κ2) is 7.22. The molecule has 0 atom stereocenters. The van der Waals surface area contributed by atoms with Crippen molar-refractivity contribution in [2.24, 2.45) is 0 Å². The van der Waals surface area contributed by atoms with E-state index in [9.17, 15) is 4.79 Å². The van der Waals surface area contributed by atoms with Crippen LogP contribution >= 0.6 is 0 Å². The lowest BCUT2D eigenvalue weighted by Gasteiger charge is -2.27. The number of aryl methyl sites for hydroxylation is 1. The van der Waals surface area contributed by atoms with Crippen molar-refractivity contribution in [3.63, 3.8) is 0 Å². The van der Waals surface area contributed by atoms with Crippen LogP contribution in [0.1, 0.15) is 40.9 Å². The highest BCUT2D eigenvalue weighted by molar-refractivity contribution is 5.92. The SMILES string of the molecule is Cc1cccc(CNC(=O)c2cc(N3CCCCC3)ncn2)c1. The summed E-state index contributed by atoms with van der Waals surface area (Å²) in [6, 6.07) is 9.90. The topological polar surface area (TPSA) is 58.1 Å². The molecule has 5 heteroatoms.